The Kier molecular flexibility index (Phi) is 5.16. The van der Waals surface area contributed by atoms with Crippen LogP contribution in [0.5, 0.6) is 11.5 Å². The number of benzene rings is 2. The van der Waals surface area contributed by atoms with E-state index in [2.05, 4.69) is 12.5 Å². The van der Waals surface area contributed by atoms with Gasteiger partial charge in [0.15, 0.2) is 4.90 Å². The van der Waals surface area contributed by atoms with Crippen LogP contribution in [0.15, 0.2) is 35.2 Å². The van der Waals surface area contributed by atoms with E-state index in [9.17, 15) is 27.5 Å². The van der Waals surface area contributed by atoms with Crippen molar-refractivity contribution < 1.29 is 27.5 Å². The fourth-order valence-electron chi connectivity index (χ4n) is 1.65. The predicted molar refractivity (Wildman–Crippen MR) is 74.9 cm³/mol. The number of hydrogen-bond donors (Lipinski definition) is 2. The first-order valence-electron chi connectivity index (χ1n) is 5.49. The maximum absolute atomic E-state index is 9.75. The number of phenolic OH excluding ortho intramolecular Hbond substituents is 2. The molecule has 0 amide bonds. The number of phenols is 2. The molecule has 20 heavy (non-hydrogen) atoms. The molecule has 2 nitrogen and oxygen atoms in total. The van der Waals surface area contributed by atoms with Crippen molar-refractivity contribution in [2.45, 2.75) is 4.90 Å². The van der Waals surface area contributed by atoms with Crippen molar-refractivity contribution in [3.63, 3.8) is 0 Å². The largest absolute Gasteiger partial charge is 0.673 e. The number of halogens is 4. The molecule has 0 atom stereocenters. The molecule has 0 saturated heterocycles. The average Bonchev–Trinajstić information content (AvgIpc) is 2.26. The van der Waals surface area contributed by atoms with Gasteiger partial charge in [-0.2, -0.15) is 0 Å². The first kappa shape index (κ1) is 16.5. The minimum Gasteiger partial charge on any atom is -0.508 e. The molecular formula is C12H13BF4O2S. The Morgan fingerprint density at radius 3 is 1.95 bits per heavy atom. The van der Waals surface area contributed by atoms with Crippen molar-refractivity contribution in [2.24, 2.45) is 0 Å². The first-order chi connectivity index (χ1) is 9.09. The normalized spacial score (nSPS) is 11.3. The highest BCUT2D eigenvalue weighted by Crippen LogP contribution is 2.32. The Morgan fingerprint density at radius 1 is 0.900 bits per heavy atom. The zero-order valence-electron chi connectivity index (χ0n) is 10.8. The molecule has 0 aromatic heterocycles. The second-order valence-corrected chi connectivity index (χ2v) is 6.20. The van der Waals surface area contributed by atoms with Crippen molar-refractivity contribution in [1.29, 1.82) is 0 Å². The molecule has 0 radical (unpaired) electrons. The van der Waals surface area contributed by atoms with Crippen molar-refractivity contribution in [1.82, 2.24) is 0 Å². The van der Waals surface area contributed by atoms with Crippen molar-refractivity contribution in [3.05, 3.63) is 30.3 Å². The quantitative estimate of drug-likeness (QED) is 0.478. The second-order valence-electron chi connectivity index (χ2n) is 4.12. The van der Waals surface area contributed by atoms with Gasteiger partial charge in [0, 0.05) is 21.7 Å². The molecule has 2 rings (SSSR count). The SMILES string of the molecule is C[S+](C)c1ccc(O)c2ccc(O)cc12.F[B-](F)(F)F. The van der Waals surface area contributed by atoms with Crippen LogP contribution in [0.1, 0.15) is 0 Å². The third kappa shape index (κ3) is 4.84. The lowest BCUT2D eigenvalue weighted by Gasteiger charge is -2.05. The third-order valence-electron chi connectivity index (χ3n) is 2.38. The van der Waals surface area contributed by atoms with Gasteiger partial charge in [0.2, 0.25) is 0 Å². The lowest BCUT2D eigenvalue weighted by Crippen LogP contribution is -2.02. The molecule has 0 fully saturated rings. The summed E-state index contributed by atoms with van der Waals surface area (Å²) >= 11 is 0. The molecule has 0 bridgehead atoms. The standard InChI is InChI=1S/C12H12O2S.BF4/c1-15(2)12-6-5-11(14)9-4-3-8(13)7-10(9)12;2-1(3,4)5/h3-7H,1-2H3,(H-,13,14);/q;-1/p+1. The van der Waals surface area contributed by atoms with Crippen LogP contribution in [-0.2, 0) is 10.9 Å². The van der Waals surface area contributed by atoms with Gasteiger partial charge in [-0.05, 0) is 30.3 Å². The minimum atomic E-state index is -6.00. The van der Waals surface area contributed by atoms with Crippen LogP contribution in [0, 0.1) is 0 Å². The summed E-state index contributed by atoms with van der Waals surface area (Å²) in [4.78, 5) is 1.17. The Labute approximate surface area is 116 Å². The van der Waals surface area contributed by atoms with Gasteiger partial charge in [-0.1, -0.05) is 0 Å². The van der Waals surface area contributed by atoms with E-state index in [1.165, 1.54) is 4.90 Å². The average molecular weight is 308 g/mol. The van der Waals surface area contributed by atoms with Gasteiger partial charge in [-0.25, -0.2) is 0 Å². The van der Waals surface area contributed by atoms with Crippen LogP contribution >= 0.6 is 0 Å². The molecular weight excluding hydrogens is 295 g/mol. The van der Waals surface area contributed by atoms with Gasteiger partial charge in [0.25, 0.3) is 0 Å². The number of fused-ring (bicyclic) bond motifs is 1. The topological polar surface area (TPSA) is 40.5 Å². The first-order valence-corrected chi connectivity index (χ1v) is 7.53. The van der Waals surface area contributed by atoms with E-state index < -0.39 is 7.25 Å². The van der Waals surface area contributed by atoms with Gasteiger partial charge in [0.05, 0.1) is 0 Å². The summed E-state index contributed by atoms with van der Waals surface area (Å²) in [5, 5.41) is 20.9. The van der Waals surface area contributed by atoms with Crippen LogP contribution in [0.3, 0.4) is 0 Å². The fourth-order valence-corrected chi connectivity index (χ4v) is 2.60. The highest BCUT2D eigenvalue weighted by molar-refractivity contribution is 7.95. The van der Waals surface area contributed by atoms with Crippen LogP contribution < -0.4 is 0 Å². The van der Waals surface area contributed by atoms with Crippen LogP contribution in [0.25, 0.3) is 10.8 Å². The number of rotatable bonds is 1. The molecule has 2 N–H and O–H groups in total. The maximum Gasteiger partial charge on any atom is 0.673 e. The summed E-state index contributed by atoms with van der Waals surface area (Å²) < 4.78 is 39.0. The molecule has 0 aliphatic heterocycles. The fraction of sp³-hybridized carbons (Fsp3) is 0.167. The smallest absolute Gasteiger partial charge is 0.508 e. The van der Waals surface area contributed by atoms with Gasteiger partial charge in [0.1, 0.15) is 24.0 Å². The maximum atomic E-state index is 9.75. The predicted octanol–water partition coefficient (Wildman–Crippen LogP) is 3.79. The van der Waals surface area contributed by atoms with Crippen molar-refractivity contribution >= 4 is 28.9 Å². The summed E-state index contributed by atoms with van der Waals surface area (Å²) in [5.74, 6) is 0.499. The molecule has 110 valence electrons. The lowest BCUT2D eigenvalue weighted by molar-refractivity contribution is 0.368. The van der Waals surface area contributed by atoms with E-state index in [1.807, 2.05) is 6.07 Å². The molecule has 0 unspecified atom stereocenters. The summed E-state index contributed by atoms with van der Waals surface area (Å²) in [5.41, 5.74) is 0. The van der Waals surface area contributed by atoms with Gasteiger partial charge < -0.3 is 27.5 Å². The summed E-state index contributed by atoms with van der Waals surface area (Å²) in [6.07, 6.45) is 4.24. The van der Waals surface area contributed by atoms with Crippen molar-refractivity contribution in [2.75, 3.05) is 12.5 Å². The molecule has 2 aromatic carbocycles. The zero-order chi connectivity index (χ0) is 15.5. The molecule has 0 saturated carbocycles. The third-order valence-corrected chi connectivity index (χ3v) is 3.61. The van der Waals surface area contributed by atoms with Gasteiger partial charge >= 0.3 is 7.25 Å². The van der Waals surface area contributed by atoms with Crippen molar-refractivity contribution in [3.8, 4) is 11.5 Å². The summed E-state index contributed by atoms with van der Waals surface area (Å²) in [7, 11) is -5.89. The lowest BCUT2D eigenvalue weighted by atomic mass is 10.1. The van der Waals surface area contributed by atoms with E-state index in [1.54, 1.807) is 24.3 Å². The number of aromatic hydroxyl groups is 2. The summed E-state index contributed by atoms with van der Waals surface area (Å²) in [6.45, 7) is 0. The second kappa shape index (κ2) is 6.26. The molecule has 0 aliphatic carbocycles. The van der Waals surface area contributed by atoms with E-state index in [0.29, 0.717) is 0 Å². The van der Waals surface area contributed by atoms with Crippen LogP contribution in [0.2, 0.25) is 0 Å². The monoisotopic (exact) mass is 308 g/mol. The Balaban J connectivity index is 0.000000347. The van der Waals surface area contributed by atoms with Gasteiger partial charge in [-0.3, -0.25) is 0 Å². The van der Waals surface area contributed by atoms with Crippen LogP contribution in [0.4, 0.5) is 17.3 Å². The Bertz CT molecular complexity index is 596. The molecule has 0 aliphatic rings. The highest BCUT2D eigenvalue weighted by Gasteiger charge is 2.20. The van der Waals surface area contributed by atoms with E-state index in [0.717, 1.165) is 10.8 Å². The highest BCUT2D eigenvalue weighted by atomic mass is 32.2. The molecule has 2 aromatic rings. The summed E-state index contributed by atoms with van der Waals surface area (Å²) in [6, 6.07) is 8.67. The molecule has 0 heterocycles. The molecule has 8 heteroatoms. The Morgan fingerprint density at radius 2 is 1.45 bits per heavy atom. The van der Waals surface area contributed by atoms with Gasteiger partial charge in [-0.15, -0.1) is 0 Å². The van der Waals surface area contributed by atoms with E-state index in [-0.39, 0.29) is 22.4 Å². The molecule has 0 spiro atoms. The number of hydrogen-bond acceptors (Lipinski definition) is 2. The van der Waals surface area contributed by atoms with E-state index in [4.69, 9.17) is 0 Å². The minimum absolute atomic E-state index is 0.108. The zero-order valence-corrected chi connectivity index (χ0v) is 11.6. The van der Waals surface area contributed by atoms with Crippen LogP contribution in [-0.4, -0.2) is 30.0 Å². The Hall–Kier alpha value is -1.57. The van der Waals surface area contributed by atoms with E-state index >= 15 is 0 Å².